The lowest BCUT2D eigenvalue weighted by molar-refractivity contribution is 0.169. The summed E-state index contributed by atoms with van der Waals surface area (Å²) in [7, 11) is 1.71. The smallest absolute Gasteiger partial charge is 0.0479 e. The number of ether oxygens (including phenoxy) is 1. The van der Waals surface area contributed by atoms with Gasteiger partial charge < -0.3 is 10.5 Å². The maximum atomic E-state index is 5.93. The van der Waals surface area contributed by atoms with Crippen molar-refractivity contribution >= 4 is 0 Å². The lowest BCUT2D eigenvalue weighted by atomic mass is 9.94. The molecule has 0 amide bonds. The first-order chi connectivity index (χ1) is 4.62. The predicted octanol–water partition coefficient (Wildman–Crippen LogP) is 1.54. The van der Waals surface area contributed by atoms with Crippen LogP contribution in [0.1, 0.15) is 33.1 Å². The van der Waals surface area contributed by atoms with Crippen molar-refractivity contribution in [3.63, 3.8) is 0 Å². The summed E-state index contributed by atoms with van der Waals surface area (Å²) in [5, 5.41) is 0. The van der Waals surface area contributed by atoms with Crippen LogP contribution in [0.15, 0.2) is 0 Å². The first-order valence-electron chi connectivity index (χ1n) is 3.90. The Morgan fingerprint density at radius 2 is 2.00 bits per heavy atom. The summed E-state index contributed by atoms with van der Waals surface area (Å²) in [6.07, 6.45) is 3.18. The molecule has 62 valence electrons. The fraction of sp³-hybridized carbons (Fsp3) is 1.00. The molecule has 0 aliphatic rings. The van der Waals surface area contributed by atoms with Gasteiger partial charge in [-0.25, -0.2) is 0 Å². The average Bonchev–Trinajstić information content (AvgIpc) is 1.84. The van der Waals surface area contributed by atoms with Crippen LogP contribution in [0, 0.1) is 0 Å². The van der Waals surface area contributed by atoms with E-state index in [1.807, 2.05) is 0 Å². The van der Waals surface area contributed by atoms with Crippen molar-refractivity contribution in [3.8, 4) is 0 Å². The summed E-state index contributed by atoms with van der Waals surface area (Å²) >= 11 is 0. The highest BCUT2D eigenvalue weighted by atomic mass is 16.5. The van der Waals surface area contributed by atoms with Gasteiger partial charge in [0, 0.05) is 19.3 Å². The normalized spacial score (nSPS) is 16.8. The second-order valence-corrected chi connectivity index (χ2v) is 3.15. The Morgan fingerprint density at radius 1 is 1.40 bits per heavy atom. The van der Waals surface area contributed by atoms with Gasteiger partial charge in [0.25, 0.3) is 0 Å². The summed E-state index contributed by atoms with van der Waals surface area (Å²) in [5.74, 6) is 0. The molecule has 0 aliphatic heterocycles. The van der Waals surface area contributed by atoms with Gasteiger partial charge in [-0.2, -0.15) is 0 Å². The van der Waals surface area contributed by atoms with Gasteiger partial charge in [-0.05, 0) is 19.8 Å². The SMILES string of the molecule is CCCC(C)(N)CCOC. The van der Waals surface area contributed by atoms with E-state index in [1.54, 1.807) is 7.11 Å². The molecule has 0 aliphatic carbocycles. The van der Waals surface area contributed by atoms with E-state index >= 15 is 0 Å². The van der Waals surface area contributed by atoms with Crippen molar-refractivity contribution in [1.82, 2.24) is 0 Å². The van der Waals surface area contributed by atoms with Crippen molar-refractivity contribution in [2.75, 3.05) is 13.7 Å². The molecule has 0 fully saturated rings. The monoisotopic (exact) mass is 145 g/mol. The fourth-order valence-electron chi connectivity index (χ4n) is 1.03. The van der Waals surface area contributed by atoms with E-state index < -0.39 is 0 Å². The first kappa shape index (κ1) is 9.92. The van der Waals surface area contributed by atoms with E-state index in [4.69, 9.17) is 10.5 Å². The summed E-state index contributed by atoms with van der Waals surface area (Å²) in [4.78, 5) is 0. The van der Waals surface area contributed by atoms with Crippen molar-refractivity contribution in [2.24, 2.45) is 5.73 Å². The molecular weight excluding hydrogens is 126 g/mol. The maximum Gasteiger partial charge on any atom is 0.0479 e. The van der Waals surface area contributed by atoms with Crippen molar-refractivity contribution in [3.05, 3.63) is 0 Å². The molecule has 0 spiro atoms. The molecule has 1 atom stereocenters. The van der Waals surface area contributed by atoms with Crippen LogP contribution in [0.25, 0.3) is 0 Å². The van der Waals surface area contributed by atoms with E-state index in [2.05, 4.69) is 13.8 Å². The fourth-order valence-corrected chi connectivity index (χ4v) is 1.03. The Balaban J connectivity index is 3.42. The molecule has 0 aromatic heterocycles. The molecule has 0 aromatic carbocycles. The standard InChI is InChI=1S/C8H19NO/c1-4-5-8(2,9)6-7-10-3/h4-7,9H2,1-3H3. The van der Waals surface area contributed by atoms with Gasteiger partial charge in [0.15, 0.2) is 0 Å². The lowest BCUT2D eigenvalue weighted by Crippen LogP contribution is -2.36. The lowest BCUT2D eigenvalue weighted by Gasteiger charge is -2.23. The van der Waals surface area contributed by atoms with E-state index in [9.17, 15) is 0 Å². The van der Waals surface area contributed by atoms with Crippen molar-refractivity contribution < 1.29 is 4.74 Å². The predicted molar refractivity (Wildman–Crippen MR) is 44.0 cm³/mol. The van der Waals surface area contributed by atoms with Gasteiger partial charge in [0.2, 0.25) is 0 Å². The van der Waals surface area contributed by atoms with E-state index in [1.165, 1.54) is 0 Å². The largest absolute Gasteiger partial charge is 0.385 e. The van der Waals surface area contributed by atoms with Crippen molar-refractivity contribution in [2.45, 2.75) is 38.6 Å². The Labute approximate surface area is 63.7 Å². The second-order valence-electron chi connectivity index (χ2n) is 3.15. The average molecular weight is 145 g/mol. The highest BCUT2D eigenvalue weighted by Gasteiger charge is 2.15. The molecule has 2 nitrogen and oxygen atoms in total. The number of nitrogens with two attached hydrogens (primary N) is 1. The Kier molecular flexibility index (Phi) is 4.65. The van der Waals surface area contributed by atoms with Gasteiger partial charge in [0.1, 0.15) is 0 Å². The van der Waals surface area contributed by atoms with Crippen LogP contribution in [0.3, 0.4) is 0 Å². The zero-order valence-corrected chi connectivity index (χ0v) is 7.31. The van der Waals surface area contributed by atoms with Gasteiger partial charge in [-0.1, -0.05) is 13.3 Å². The zero-order chi connectivity index (χ0) is 8.04. The molecule has 1 unspecified atom stereocenters. The highest BCUT2D eigenvalue weighted by Crippen LogP contribution is 2.12. The van der Waals surface area contributed by atoms with Crippen LogP contribution in [0.5, 0.6) is 0 Å². The minimum Gasteiger partial charge on any atom is -0.385 e. The van der Waals surface area contributed by atoms with Gasteiger partial charge in [0.05, 0.1) is 0 Å². The minimum absolute atomic E-state index is 0.0231. The molecular formula is C8H19NO. The van der Waals surface area contributed by atoms with Crippen LogP contribution in [-0.4, -0.2) is 19.3 Å². The molecule has 10 heavy (non-hydrogen) atoms. The van der Waals surface area contributed by atoms with Gasteiger partial charge in [-0.15, -0.1) is 0 Å². The molecule has 2 N–H and O–H groups in total. The quantitative estimate of drug-likeness (QED) is 0.637. The van der Waals surface area contributed by atoms with Crippen LogP contribution >= 0.6 is 0 Å². The number of rotatable bonds is 5. The Morgan fingerprint density at radius 3 is 2.40 bits per heavy atom. The van der Waals surface area contributed by atoms with Crippen LogP contribution < -0.4 is 5.73 Å². The Hall–Kier alpha value is -0.0800. The minimum atomic E-state index is -0.0231. The Bertz CT molecular complexity index is 81.3. The molecule has 2 heteroatoms. The van der Waals surface area contributed by atoms with E-state index in [0.29, 0.717) is 0 Å². The molecule has 0 saturated heterocycles. The number of hydrogen-bond donors (Lipinski definition) is 1. The van der Waals surface area contributed by atoms with Gasteiger partial charge in [-0.3, -0.25) is 0 Å². The molecule has 0 aromatic rings. The summed E-state index contributed by atoms with van der Waals surface area (Å²) in [5.41, 5.74) is 5.91. The zero-order valence-electron chi connectivity index (χ0n) is 7.31. The summed E-state index contributed by atoms with van der Waals surface area (Å²) < 4.78 is 4.94. The third-order valence-corrected chi connectivity index (χ3v) is 1.70. The summed E-state index contributed by atoms with van der Waals surface area (Å²) in [6.45, 7) is 5.00. The maximum absolute atomic E-state index is 5.93. The van der Waals surface area contributed by atoms with Crippen molar-refractivity contribution in [1.29, 1.82) is 0 Å². The van der Waals surface area contributed by atoms with Gasteiger partial charge >= 0.3 is 0 Å². The molecule has 0 radical (unpaired) electrons. The van der Waals surface area contributed by atoms with E-state index in [0.717, 1.165) is 25.9 Å². The number of methoxy groups -OCH3 is 1. The van der Waals surface area contributed by atoms with Crippen LogP contribution in [-0.2, 0) is 4.74 Å². The molecule has 0 saturated carbocycles. The molecule has 0 rings (SSSR count). The third kappa shape index (κ3) is 4.77. The van der Waals surface area contributed by atoms with Crippen LogP contribution in [0.4, 0.5) is 0 Å². The van der Waals surface area contributed by atoms with Crippen LogP contribution in [0.2, 0.25) is 0 Å². The third-order valence-electron chi connectivity index (χ3n) is 1.70. The van der Waals surface area contributed by atoms with E-state index in [-0.39, 0.29) is 5.54 Å². The topological polar surface area (TPSA) is 35.2 Å². The molecule has 0 heterocycles. The summed E-state index contributed by atoms with van der Waals surface area (Å²) in [6, 6.07) is 0. The first-order valence-corrected chi connectivity index (χ1v) is 3.90. The highest BCUT2D eigenvalue weighted by molar-refractivity contribution is 4.76. The number of hydrogen-bond acceptors (Lipinski definition) is 2. The second kappa shape index (κ2) is 4.69. The molecule has 0 bridgehead atoms.